The zero-order valence-corrected chi connectivity index (χ0v) is 11.8. The minimum absolute atomic E-state index is 0.363. The molecule has 1 fully saturated rings. The van der Waals surface area contributed by atoms with Crippen LogP contribution in [0, 0.1) is 5.92 Å². The van der Waals surface area contributed by atoms with Gasteiger partial charge in [-0.3, -0.25) is 0 Å². The minimum atomic E-state index is 0.363. The predicted molar refractivity (Wildman–Crippen MR) is 76.3 cm³/mol. The van der Waals surface area contributed by atoms with Crippen molar-refractivity contribution in [2.24, 2.45) is 5.92 Å². The first-order chi connectivity index (χ1) is 9.70. The van der Waals surface area contributed by atoms with Crippen LogP contribution in [0.15, 0.2) is 18.2 Å². The average molecular weight is 273 g/mol. The number of nitrogens with two attached hydrogens (primary N) is 1. The summed E-state index contributed by atoms with van der Waals surface area (Å²) < 4.78 is 7.34. The normalized spacial score (nSPS) is 22.1. The van der Waals surface area contributed by atoms with E-state index in [9.17, 15) is 0 Å². The van der Waals surface area contributed by atoms with E-state index in [0.29, 0.717) is 23.4 Å². The maximum Gasteiger partial charge on any atom is 0.186 e. The van der Waals surface area contributed by atoms with Crippen molar-refractivity contribution in [2.75, 3.05) is 12.8 Å². The Hall–Kier alpha value is -2.11. The van der Waals surface area contributed by atoms with Crippen LogP contribution >= 0.6 is 0 Å². The lowest BCUT2D eigenvalue weighted by molar-refractivity contribution is 0.369. The fraction of sp³-hybridized carbons (Fsp3) is 0.500. The minimum Gasteiger partial charge on any atom is -0.496 e. The number of ether oxygens (including phenoxy) is 1. The maximum absolute atomic E-state index is 5.80. The summed E-state index contributed by atoms with van der Waals surface area (Å²) in [5.41, 5.74) is 7.35. The Balaban J connectivity index is 2.05. The van der Waals surface area contributed by atoms with Crippen LogP contribution in [0.25, 0.3) is 11.4 Å². The highest BCUT2D eigenvalue weighted by molar-refractivity contribution is 5.67. The maximum atomic E-state index is 5.80. The van der Waals surface area contributed by atoms with E-state index in [1.54, 1.807) is 13.2 Å². The van der Waals surface area contributed by atoms with E-state index in [1.165, 1.54) is 12.8 Å². The zero-order valence-electron chi connectivity index (χ0n) is 11.8. The smallest absolute Gasteiger partial charge is 0.186 e. The van der Waals surface area contributed by atoms with Crippen LogP contribution in [0.5, 0.6) is 5.75 Å². The standard InChI is InChI=1S/C14H19N5O/c1-9-4-3-5-12(9)19-14(16-17-18-19)11-7-6-10(15)8-13(11)20-2/h6-9,12H,3-5,15H2,1-2H3. The van der Waals surface area contributed by atoms with Gasteiger partial charge in [0.2, 0.25) is 0 Å². The van der Waals surface area contributed by atoms with Crippen molar-refractivity contribution >= 4 is 5.69 Å². The van der Waals surface area contributed by atoms with E-state index in [4.69, 9.17) is 10.5 Å². The predicted octanol–water partition coefficient (Wildman–Crippen LogP) is 2.29. The molecule has 6 heteroatoms. The number of benzene rings is 1. The third-order valence-corrected chi connectivity index (χ3v) is 4.09. The van der Waals surface area contributed by atoms with Crippen LogP contribution in [0.1, 0.15) is 32.2 Å². The van der Waals surface area contributed by atoms with Crippen molar-refractivity contribution in [3.63, 3.8) is 0 Å². The Bertz CT molecular complexity index is 609. The van der Waals surface area contributed by atoms with E-state index in [1.807, 2.05) is 16.8 Å². The van der Waals surface area contributed by atoms with Crippen molar-refractivity contribution in [3.05, 3.63) is 18.2 Å². The quantitative estimate of drug-likeness (QED) is 0.868. The first-order valence-corrected chi connectivity index (χ1v) is 6.92. The molecule has 1 heterocycles. The molecule has 2 unspecified atom stereocenters. The lowest BCUT2D eigenvalue weighted by Gasteiger charge is -2.17. The molecule has 1 aliphatic carbocycles. The van der Waals surface area contributed by atoms with Gasteiger partial charge in [-0.15, -0.1) is 5.10 Å². The van der Waals surface area contributed by atoms with Gasteiger partial charge in [-0.25, -0.2) is 4.68 Å². The third-order valence-electron chi connectivity index (χ3n) is 4.09. The van der Waals surface area contributed by atoms with E-state index < -0.39 is 0 Å². The van der Waals surface area contributed by atoms with E-state index >= 15 is 0 Å². The van der Waals surface area contributed by atoms with Crippen LogP contribution < -0.4 is 10.5 Å². The van der Waals surface area contributed by atoms with Gasteiger partial charge in [0.05, 0.1) is 18.7 Å². The number of nitrogens with zero attached hydrogens (tertiary/aromatic N) is 4. The number of methoxy groups -OCH3 is 1. The second-order valence-electron chi connectivity index (χ2n) is 5.38. The molecule has 0 spiro atoms. The van der Waals surface area contributed by atoms with Crippen molar-refractivity contribution in [1.29, 1.82) is 0 Å². The van der Waals surface area contributed by atoms with Crippen molar-refractivity contribution in [1.82, 2.24) is 20.2 Å². The van der Waals surface area contributed by atoms with Gasteiger partial charge < -0.3 is 10.5 Å². The Morgan fingerprint density at radius 1 is 1.35 bits per heavy atom. The summed E-state index contributed by atoms with van der Waals surface area (Å²) in [4.78, 5) is 0. The van der Waals surface area contributed by atoms with Gasteiger partial charge in [-0.05, 0) is 41.3 Å². The van der Waals surface area contributed by atoms with Gasteiger partial charge in [-0.2, -0.15) is 0 Å². The van der Waals surface area contributed by atoms with Crippen molar-refractivity contribution < 1.29 is 4.74 Å². The molecule has 1 aromatic heterocycles. The largest absolute Gasteiger partial charge is 0.496 e. The molecule has 1 saturated carbocycles. The molecule has 2 N–H and O–H groups in total. The molecule has 6 nitrogen and oxygen atoms in total. The molecule has 2 atom stereocenters. The molecule has 0 amide bonds. The summed E-state index contributed by atoms with van der Waals surface area (Å²) in [6.07, 6.45) is 3.57. The second-order valence-corrected chi connectivity index (χ2v) is 5.38. The number of rotatable bonds is 3. The average Bonchev–Trinajstić information content (AvgIpc) is 3.06. The molecular weight excluding hydrogens is 254 g/mol. The molecule has 0 radical (unpaired) electrons. The molecule has 20 heavy (non-hydrogen) atoms. The van der Waals surface area contributed by atoms with E-state index in [-0.39, 0.29) is 0 Å². The Morgan fingerprint density at radius 3 is 2.90 bits per heavy atom. The Morgan fingerprint density at radius 2 is 2.20 bits per heavy atom. The lowest BCUT2D eigenvalue weighted by Crippen LogP contribution is -2.15. The summed E-state index contributed by atoms with van der Waals surface area (Å²) in [7, 11) is 1.63. The number of hydrogen-bond donors (Lipinski definition) is 1. The number of tetrazole rings is 1. The van der Waals surface area contributed by atoms with Crippen LogP contribution in [-0.2, 0) is 0 Å². The van der Waals surface area contributed by atoms with Crippen LogP contribution in [0.2, 0.25) is 0 Å². The Labute approximate surface area is 117 Å². The number of nitrogen functional groups attached to an aromatic ring is 1. The third kappa shape index (κ3) is 2.11. The Kier molecular flexibility index (Phi) is 3.30. The fourth-order valence-electron chi connectivity index (χ4n) is 2.98. The second kappa shape index (κ2) is 5.11. The molecule has 0 aliphatic heterocycles. The molecule has 2 aromatic rings. The molecule has 0 saturated heterocycles. The summed E-state index contributed by atoms with van der Waals surface area (Å²) >= 11 is 0. The first kappa shape index (κ1) is 12.9. The molecule has 1 aromatic carbocycles. The van der Waals surface area contributed by atoms with E-state index in [0.717, 1.165) is 17.8 Å². The molecule has 0 bridgehead atoms. The van der Waals surface area contributed by atoms with Crippen LogP contribution in [0.4, 0.5) is 5.69 Å². The molecular formula is C14H19N5O. The van der Waals surface area contributed by atoms with E-state index in [2.05, 4.69) is 22.4 Å². The summed E-state index contributed by atoms with van der Waals surface area (Å²) in [5, 5.41) is 12.2. The SMILES string of the molecule is COc1cc(N)ccc1-c1nnnn1C1CCCC1C. The topological polar surface area (TPSA) is 78.8 Å². The molecule has 1 aliphatic rings. The highest BCUT2D eigenvalue weighted by atomic mass is 16.5. The molecule has 106 valence electrons. The van der Waals surface area contributed by atoms with Gasteiger partial charge in [0.25, 0.3) is 0 Å². The summed E-state index contributed by atoms with van der Waals surface area (Å²) in [5.74, 6) is 2.05. The van der Waals surface area contributed by atoms with Gasteiger partial charge in [0.1, 0.15) is 5.75 Å². The molecule has 3 rings (SSSR count). The number of anilines is 1. The van der Waals surface area contributed by atoms with Crippen LogP contribution in [-0.4, -0.2) is 27.3 Å². The van der Waals surface area contributed by atoms with Gasteiger partial charge in [-0.1, -0.05) is 13.3 Å². The number of aromatic nitrogens is 4. The first-order valence-electron chi connectivity index (χ1n) is 6.92. The highest BCUT2D eigenvalue weighted by Gasteiger charge is 2.29. The highest BCUT2D eigenvalue weighted by Crippen LogP contribution is 2.38. The van der Waals surface area contributed by atoms with Gasteiger partial charge in [0, 0.05) is 11.8 Å². The monoisotopic (exact) mass is 273 g/mol. The van der Waals surface area contributed by atoms with Crippen molar-refractivity contribution in [3.8, 4) is 17.1 Å². The fourth-order valence-corrected chi connectivity index (χ4v) is 2.98. The van der Waals surface area contributed by atoms with Crippen LogP contribution in [0.3, 0.4) is 0 Å². The zero-order chi connectivity index (χ0) is 14.1. The summed E-state index contributed by atoms with van der Waals surface area (Å²) in [6, 6.07) is 5.92. The van der Waals surface area contributed by atoms with Gasteiger partial charge in [0.15, 0.2) is 5.82 Å². The van der Waals surface area contributed by atoms with Gasteiger partial charge >= 0.3 is 0 Å². The lowest BCUT2D eigenvalue weighted by atomic mass is 10.1. The van der Waals surface area contributed by atoms with Crippen molar-refractivity contribution in [2.45, 2.75) is 32.2 Å². The summed E-state index contributed by atoms with van der Waals surface area (Å²) in [6.45, 7) is 2.25. The number of hydrogen-bond acceptors (Lipinski definition) is 5.